The summed E-state index contributed by atoms with van der Waals surface area (Å²) >= 11 is 0. The Morgan fingerprint density at radius 1 is 0.231 bits per heavy atom. The van der Waals surface area contributed by atoms with Crippen molar-refractivity contribution in [2.75, 3.05) is 9.80 Å². The molecule has 2 unspecified atom stereocenters. The standard InChI is InChI=1S/C102H124N2/c1-9-15-19-23-27-36-70-101(71-37-28-24-20-16-10-2)97-43-35-34-42-93(97)94-67-54-84(74-98(94)101)81-50-63-91(64-51-81)104(89-59-46-80(47-60-89)78(8)14-6)92-65-52-83(53-66-92)86-56-69-96-95-68-55-85(75-99(95)102(100(96)76-86,72-38-29-25-21-17-11-3)73-39-30-26-22-18-12-4)82-48-61-90(62-49-82)103(87-40-32-31-33-41-87)88-57-44-79(45-58-88)77(7)13-5/h31-35,40-69,74-78H,9-30,36-39,70-73H2,1-8H3. The fourth-order valence-corrected chi connectivity index (χ4v) is 17.9. The van der Waals surface area contributed by atoms with Crippen LogP contribution in [0.25, 0.3) is 55.6 Å². The van der Waals surface area contributed by atoms with Crippen molar-refractivity contribution >= 4 is 34.1 Å². The van der Waals surface area contributed by atoms with Crippen LogP contribution in [0.15, 0.2) is 231 Å². The van der Waals surface area contributed by atoms with Crippen molar-refractivity contribution < 1.29 is 0 Å². The molecule has 0 bridgehead atoms. The predicted molar refractivity (Wildman–Crippen MR) is 454 cm³/mol. The minimum absolute atomic E-state index is 0.0459. The van der Waals surface area contributed by atoms with E-state index in [0.717, 1.165) is 12.8 Å². The maximum atomic E-state index is 2.65. The molecule has 2 aliphatic rings. The summed E-state index contributed by atoms with van der Waals surface area (Å²) in [5.41, 5.74) is 29.5. The van der Waals surface area contributed by atoms with Gasteiger partial charge in [-0.25, -0.2) is 0 Å². The number of nitrogens with zero attached hydrogens (tertiary/aromatic N) is 2. The first-order chi connectivity index (χ1) is 51.1. The maximum absolute atomic E-state index is 2.65. The van der Waals surface area contributed by atoms with Gasteiger partial charge in [-0.3, -0.25) is 0 Å². The SMILES string of the molecule is CCCCCCCCC1(CCCCCCCC)c2ccccc2-c2ccc(-c3ccc(N(c4ccc(-c5ccc6c(c5)C(CCCCCCCC)(CCCCCCCC)c5cc(-c7ccc(N(c8ccccc8)c8ccc(C(C)CC)cc8)cc7)ccc5-6)cc4)c4ccc(C(C)CC)cc4)cc3)cc21. The van der Waals surface area contributed by atoms with Crippen molar-refractivity contribution in [2.45, 2.75) is 271 Å². The molecule has 2 heteroatoms. The van der Waals surface area contributed by atoms with Gasteiger partial charge in [-0.2, -0.15) is 0 Å². The van der Waals surface area contributed by atoms with Gasteiger partial charge in [-0.1, -0.05) is 349 Å². The molecule has 2 atom stereocenters. The second-order valence-electron chi connectivity index (χ2n) is 31.5. The Bertz CT molecular complexity index is 4220. The number of fused-ring (bicyclic) bond motifs is 6. The van der Waals surface area contributed by atoms with Gasteiger partial charge in [0.2, 0.25) is 0 Å². The summed E-state index contributed by atoms with van der Waals surface area (Å²) in [7, 11) is 0. The summed E-state index contributed by atoms with van der Waals surface area (Å²) in [5, 5.41) is 0. The Labute approximate surface area is 630 Å². The highest BCUT2D eigenvalue weighted by atomic mass is 15.1. The Kier molecular flexibility index (Phi) is 27.0. The van der Waals surface area contributed by atoms with Crippen LogP contribution in [0, 0.1) is 0 Å². The molecule has 0 N–H and O–H groups in total. The molecule has 542 valence electrons. The van der Waals surface area contributed by atoms with Gasteiger partial charge in [0.05, 0.1) is 0 Å². The topological polar surface area (TPSA) is 6.48 Å². The monoisotopic (exact) mass is 1380 g/mol. The molecular formula is C102H124N2. The van der Waals surface area contributed by atoms with E-state index in [2.05, 4.69) is 296 Å². The van der Waals surface area contributed by atoms with Crippen LogP contribution >= 0.6 is 0 Å². The van der Waals surface area contributed by atoms with Crippen molar-refractivity contribution in [3.63, 3.8) is 0 Å². The van der Waals surface area contributed by atoms with Crippen LogP contribution in [0.1, 0.15) is 293 Å². The highest BCUT2D eigenvalue weighted by Gasteiger charge is 2.44. The minimum atomic E-state index is -0.0863. The third kappa shape index (κ3) is 17.3. The Morgan fingerprint density at radius 2 is 0.481 bits per heavy atom. The van der Waals surface area contributed by atoms with Crippen LogP contribution in [0.2, 0.25) is 0 Å². The average Bonchev–Trinajstić information content (AvgIpc) is 1.62. The number of unbranched alkanes of at least 4 members (excludes halogenated alkanes) is 20. The smallest absolute Gasteiger partial charge is 0.0462 e. The van der Waals surface area contributed by atoms with Crippen LogP contribution in [0.3, 0.4) is 0 Å². The van der Waals surface area contributed by atoms with Gasteiger partial charge in [-0.15, -0.1) is 0 Å². The third-order valence-corrected chi connectivity index (χ3v) is 24.5. The predicted octanol–water partition coefficient (Wildman–Crippen LogP) is 32.2. The highest BCUT2D eigenvalue weighted by Crippen LogP contribution is 2.58. The van der Waals surface area contributed by atoms with E-state index in [-0.39, 0.29) is 10.8 Å². The molecule has 12 rings (SSSR count). The lowest BCUT2D eigenvalue weighted by Crippen LogP contribution is -2.25. The van der Waals surface area contributed by atoms with Crippen molar-refractivity contribution in [2.24, 2.45) is 0 Å². The summed E-state index contributed by atoms with van der Waals surface area (Å²) in [6.07, 6.45) is 38.5. The molecule has 0 fully saturated rings. The highest BCUT2D eigenvalue weighted by molar-refractivity contribution is 5.89. The lowest BCUT2D eigenvalue weighted by Gasteiger charge is -2.33. The van der Waals surface area contributed by atoms with Crippen LogP contribution in [-0.2, 0) is 10.8 Å². The van der Waals surface area contributed by atoms with E-state index in [1.54, 1.807) is 22.3 Å². The van der Waals surface area contributed by atoms with E-state index in [1.165, 1.54) is 281 Å². The average molecular weight is 1380 g/mol. The molecule has 0 aliphatic heterocycles. The summed E-state index contributed by atoms with van der Waals surface area (Å²) in [4.78, 5) is 4.90. The molecule has 0 saturated heterocycles. The van der Waals surface area contributed by atoms with Crippen LogP contribution < -0.4 is 9.80 Å². The van der Waals surface area contributed by atoms with E-state index in [0.29, 0.717) is 11.8 Å². The van der Waals surface area contributed by atoms with Crippen molar-refractivity contribution in [3.8, 4) is 55.6 Å². The van der Waals surface area contributed by atoms with Gasteiger partial charge in [0.1, 0.15) is 0 Å². The Hall–Kier alpha value is -8.20. The lowest BCUT2D eigenvalue weighted by atomic mass is 9.70. The van der Waals surface area contributed by atoms with E-state index in [1.807, 2.05) is 0 Å². The molecule has 0 aromatic heterocycles. The van der Waals surface area contributed by atoms with Crippen molar-refractivity contribution in [1.82, 2.24) is 0 Å². The van der Waals surface area contributed by atoms with Crippen LogP contribution in [0.4, 0.5) is 34.1 Å². The van der Waals surface area contributed by atoms with E-state index in [4.69, 9.17) is 0 Å². The quantitative estimate of drug-likeness (QED) is 0.0353. The van der Waals surface area contributed by atoms with E-state index in [9.17, 15) is 0 Å². The van der Waals surface area contributed by atoms with Gasteiger partial charge in [0, 0.05) is 45.0 Å². The number of hydrogen-bond donors (Lipinski definition) is 0. The molecule has 2 aliphatic carbocycles. The largest absolute Gasteiger partial charge is 0.311 e. The number of benzene rings is 10. The van der Waals surface area contributed by atoms with E-state index >= 15 is 0 Å². The number of hydrogen-bond acceptors (Lipinski definition) is 2. The van der Waals surface area contributed by atoms with Crippen molar-refractivity contribution in [3.05, 3.63) is 264 Å². The van der Waals surface area contributed by atoms with Gasteiger partial charge >= 0.3 is 0 Å². The molecule has 0 heterocycles. The molecule has 10 aromatic rings. The van der Waals surface area contributed by atoms with Gasteiger partial charge in [-0.05, 0) is 230 Å². The number of anilines is 6. The molecule has 0 spiro atoms. The van der Waals surface area contributed by atoms with Gasteiger partial charge in [0.25, 0.3) is 0 Å². The molecular weight excluding hydrogens is 1250 g/mol. The summed E-state index contributed by atoms with van der Waals surface area (Å²) in [6, 6.07) is 90.3. The zero-order valence-corrected chi connectivity index (χ0v) is 65.2. The lowest BCUT2D eigenvalue weighted by molar-refractivity contribution is 0.398. The molecule has 0 amide bonds. The fourth-order valence-electron chi connectivity index (χ4n) is 17.9. The Balaban J connectivity index is 0.874. The first-order valence-corrected chi connectivity index (χ1v) is 41.9. The molecule has 0 saturated carbocycles. The van der Waals surface area contributed by atoms with Crippen molar-refractivity contribution in [1.29, 1.82) is 0 Å². The van der Waals surface area contributed by atoms with Gasteiger partial charge < -0.3 is 9.80 Å². The van der Waals surface area contributed by atoms with Crippen LogP contribution in [0.5, 0.6) is 0 Å². The minimum Gasteiger partial charge on any atom is -0.311 e. The first-order valence-electron chi connectivity index (χ1n) is 41.9. The first kappa shape index (κ1) is 75.5. The van der Waals surface area contributed by atoms with Gasteiger partial charge in [0.15, 0.2) is 0 Å². The summed E-state index contributed by atoms with van der Waals surface area (Å²) in [6.45, 7) is 18.6. The normalized spacial score (nSPS) is 13.7. The number of rotatable bonds is 41. The molecule has 10 aromatic carbocycles. The number of para-hydroxylation sites is 1. The summed E-state index contributed by atoms with van der Waals surface area (Å²) in [5.74, 6) is 1.03. The molecule has 104 heavy (non-hydrogen) atoms. The maximum Gasteiger partial charge on any atom is 0.0462 e. The van der Waals surface area contributed by atoms with Crippen LogP contribution in [-0.4, -0.2) is 0 Å². The Morgan fingerprint density at radius 3 is 0.798 bits per heavy atom. The van der Waals surface area contributed by atoms with E-state index < -0.39 is 0 Å². The molecule has 0 radical (unpaired) electrons. The zero-order valence-electron chi connectivity index (χ0n) is 65.2. The zero-order chi connectivity index (χ0) is 72.1. The summed E-state index contributed by atoms with van der Waals surface area (Å²) < 4.78 is 0. The fraction of sp³-hybridized carbons (Fsp3) is 0.412. The second kappa shape index (κ2) is 37.2. The second-order valence-corrected chi connectivity index (χ2v) is 31.5. The molecule has 2 nitrogen and oxygen atoms in total. The third-order valence-electron chi connectivity index (χ3n) is 24.5.